The third kappa shape index (κ3) is 3.82. The van der Waals surface area contributed by atoms with Crippen molar-refractivity contribution in [1.82, 2.24) is 5.32 Å². The summed E-state index contributed by atoms with van der Waals surface area (Å²) in [5, 5.41) is 14.6. The van der Waals surface area contributed by atoms with Crippen molar-refractivity contribution in [2.75, 3.05) is 13.7 Å². The van der Waals surface area contributed by atoms with Crippen molar-refractivity contribution in [3.8, 4) is 11.8 Å². The van der Waals surface area contributed by atoms with Gasteiger partial charge in [0.15, 0.2) is 0 Å². The van der Waals surface area contributed by atoms with Gasteiger partial charge in [-0.15, -0.1) is 11.3 Å². The largest absolute Gasteiger partial charge is 0.497 e. The Morgan fingerprint density at radius 1 is 1.32 bits per heavy atom. The second kappa shape index (κ2) is 6.93. The zero-order valence-corrected chi connectivity index (χ0v) is 11.6. The van der Waals surface area contributed by atoms with Gasteiger partial charge in [0.05, 0.1) is 13.2 Å². The Balaban J connectivity index is 1.90. The third-order valence-electron chi connectivity index (χ3n) is 2.88. The average Bonchev–Trinajstić information content (AvgIpc) is 2.97. The highest BCUT2D eigenvalue weighted by Crippen LogP contribution is 2.17. The van der Waals surface area contributed by atoms with Crippen LogP contribution in [0.5, 0.6) is 5.75 Å². The van der Waals surface area contributed by atoms with Gasteiger partial charge < -0.3 is 4.74 Å². The molecular weight excluding hydrogens is 256 g/mol. The summed E-state index contributed by atoms with van der Waals surface area (Å²) >= 11 is 1.74. The normalized spacial score (nSPS) is 11.8. The molecule has 0 bridgehead atoms. The van der Waals surface area contributed by atoms with E-state index in [1.807, 2.05) is 30.3 Å². The molecule has 1 heterocycles. The molecule has 1 aromatic heterocycles. The molecule has 0 radical (unpaired) electrons. The lowest BCUT2D eigenvalue weighted by Crippen LogP contribution is -2.22. The molecule has 0 saturated carbocycles. The van der Waals surface area contributed by atoms with Crippen molar-refractivity contribution in [3.05, 3.63) is 52.2 Å². The minimum absolute atomic E-state index is 0.272. The number of hydrogen-bond donors (Lipinski definition) is 1. The number of nitrogens with zero attached hydrogens (tertiary/aromatic N) is 1. The van der Waals surface area contributed by atoms with Crippen LogP contribution in [0, 0.1) is 11.3 Å². The van der Waals surface area contributed by atoms with Crippen molar-refractivity contribution in [2.45, 2.75) is 12.5 Å². The van der Waals surface area contributed by atoms with Crippen LogP contribution >= 0.6 is 11.3 Å². The SMILES string of the molecule is COc1ccc(C(C#N)NCCc2cccs2)cc1. The zero-order valence-electron chi connectivity index (χ0n) is 10.8. The summed E-state index contributed by atoms with van der Waals surface area (Å²) in [5.41, 5.74) is 0.967. The van der Waals surface area contributed by atoms with Crippen LogP contribution in [0.15, 0.2) is 41.8 Å². The van der Waals surface area contributed by atoms with Crippen molar-refractivity contribution >= 4 is 11.3 Å². The molecule has 0 spiro atoms. The maximum Gasteiger partial charge on any atom is 0.121 e. The van der Waals surface area contributed by atoms with Gasteiger partial charge in [-0.3, -0.25) is 5.32 Å². The predicted octanol–water partition coefficient (Wildman–Crippen LogP) is 3.15. The van der Waals surface area contributed by atoms with Crippen LogP contribution in [-0.4, -0.2) is 13.7 Å². The molecule has 0 saturated heterocycles. The Bertz CT molecular complexity index is 528. The Morgan fingerprint density at radius 3 is 2.68 bits per heavy atom. The maximum atomic E-state index is 9.22. The second-order valence-corrected chi connectivity index (χ2v) is 5.15. The summed E-state index contributed by atoms with van der Waals surface area (Å²) < 4.78 is 5.11. The Hall–Kier alpha value is -1.83. The van der Waals surface area contributed by atoms with Crippen LogP contribution in [0.25, 0.3) is 0 Å². The highest BCUT2D eigenvalue weighted by Gasteiger charge is 2.09. The molecule has 2 aromatic rings. The molecule has 0 aliphatic rings. The third-order valence-corrected chi connectivity index (χ3v) is 3.81. The van der Waals surface area contributed by atoms with Crippen LogP contribution in [0.4, 0.5) is 0 Å². The van der Waals surface area contributed by atoms with Crippen LogP contribution < -0.4 is 10.1 Å². The summed E-state index contributed by atoms with van der Waals surface area (Å²) in [4.78, 5) is 1.33. The van der Waals surface area contributed by atoms with Gasteiger partial charge in [-0.1, -0.05) is 18.2 Å². The molecule has 0 amide bonds. The number of nitriles is 1. The summed E-state index contributed by atoms with van der Waals surface area (Å²) in [5.74, 6) is 0.805. The van der Waals surface area contributed by atoms with Gasteiger partial charge in [-0.2, -0.15) is 5.26 Å². The smallest absolute Gasteiger partial charge is 0.121 e. The minimum atomic E-state index is -0.272. The lowest BCUT2D eigenvalue weighted by Gasteiger charge is -2.12. The number of hydrogen-bond acceptors (Lipinski definition) is 4. The average molecular weight is 272 g/mol. The van der Waals surface area contributed by atoms with E-state index in [9.17, 15) is 5.26 Å². The summed E-state index contributed by atoms with van der Waals surface area (Å²) in [7, 11) is 1.63. The first-order valence-corrected chi connectivity index (χ1v) is 7.01. The van der Waals surface area contributed by atoms with E-state index in [1.54, 1.807) is 18.4 Å². The van der Waals surface area contributed by atoms with E-state index in [1.165, 1.54) is 4.88 Å². The van der Waals surface area contributed by atoms with Crippen LogP contribution in [0.2, 0.25) is 0 Å². The van der Waals surface area contributed by atoms with Gasteiger partial charge in [0.1, 0.15) is 11.8 Å². The fourth-order valence-corrected chi connectivity index (χ4v) is 2.54. The van der Waals surface area contributed by atoms with Crippen molar-refractivity contribution < 1.29 is 4.74 Å². The quantitative estimate of drug-likeness (QED) is 0.878. The molecule has 1 aromatic carbocycles. The molecule has 4 heteroatoms. The van der Waals surface area contributed by atoms with Crippen LogP contribution in [0.3, 0.4) is 0 Å². The number of ether oxygens (including phenoxy) is 1. The van der Waals surface area contributed by atoms with E-state index in [4.69, 9.17) is 4.74 Å². The molecule has 3 nitrogen and oxygen atoms in total. The van der Waals surface area contributed by atoms with Gasteiger partial charge in [-0.05, 0) is 35.6 Å². The molecule has 19 heavy (non-hydrogen) atoms. The number of benzene rings is 1. The fraction of sp³-hybridized carbons (Fsp3) is 0.267. The fourth-order valence-electron chi connectivity index (χ4n) is 1.83. The van der Waals surface area contributed by atoms with Gasteiger partial charge in [-0.25, -0.2) is 0 Å². The monoisotopic (exact) mass is 272 g/mol. The summed E-state index contributed by atoms with van der Waals surface area (Å²) in [6.07, 6.45) is 0.950. The topological polar surface area (TPSA) is 45.0 Å². The highest BCUT2D eigenvalue weighted by atomic mass is 32.1. The summed E-state index contributed by atoms with van der Waals surface area (Å²) in [6.45, 7) is 0.796. The molecule has 0 fully saturated rings. The minimum Gasteiger partial charge on any atom is -0.497 e. The maximum absolute atomic E-state index is 9.22. The Kier molecular flexibility index (Phi) is 4.96. The van der Waals surface area contributed by atoms with E-state index < -0.39 is 0 Å². The van der Waals surface area contributed by atoms with E-state index >= 15 is 0 Å². The van der Waals surface area contributed by atoms with Crippen molar-refractivity contribution in [3.63, 3.8) is 0 Å². The standard InChI is InChI=1S/C15H16N2OS/c1-18-13-6-4-12(5-7-13)15(11-16)17-9-8-14-3-2-10-19-14/h2-7,10,15,17H,8-9H2,1H3. The van der Waals surface area contributed by atoms with Gasteiger partial charge in [0, 0.05) is 11.4 Å². The molecule has 2 rings (SSSR count). The van der Waals surface area contributed by atoms with Gasteiger partial charge in [0.25, 0.3) is 0 Å². The van der Waals surface area contributed by atoms with Crippen molar-refractivity contribution in [2.24, 2.45) is 0 Å². The van der Waals surface area contributed by atoms with E-state index in [-0.39, 0.29) is 6.04 Å². The Labute approximate surface area is 117 Å². The molecular formula is C15H16N2OS. The predicted molar refractivity (Wildman–Crippen MR) is 77.4 cm³/mol. The first-order chi connectivity index (χ1) is 9.33. The zero-order chi connectivity index (χ0) is 13.5. The van der Waals surface area contributed by atoms with Gasteiger partial charge >= 0.3 is 0 Å². The number of methoxy groups -OCH3 is 1. The Morgan fingerprint density at radius 2 is 2.11 bits per heavy atom. The molecule has 0 aliphatic carbocycles. The number of nitrogens with one attached hydrogen (secondary N) is 1. The van der Waals surface area contributed by atoms with Crippen molar-refractivity contribution in [1.29, 1.82) is 5.26 Å². The van der Waals surface area contributed by atoms with E-state index in [0.29, 0.717) is 0 Å². The number of thiophene rings is 1. The lowest BCUT2D eigenvalue weighted by molar-refractivity contribution is 0.414. The first kappa shape index (κ1) is 13.6. The van der Waals surface area contributed by atoms with Crippen LogP contribution in [0.1, 0.15) is 16.5 Å². The molecule has 0 aliphatic heterocycles. The summed E-state index contributed by atoms with van der Waals surface area (Å²) in [6, 6.07) is 13.8. The van der Waals surface area contributed by atoms with E-state index in [0.717, 1.165) is 24.3 Å². The lowest BCUT2D eigenvalue weighted by atomic mass is 10.1. The highest BCUT2D eigenvalue weighted by molar-refractivity contribution is 7.09. The van der Waals surface area contributed by atoms with Gasteiger partial charge in [0.2, 0.25) is 0 Å². The van der Waals surface area contributed by atoms with E-state index in [2.05, 4.69) is 22.8 Å². The molecule has 1 unspecified atom stereocenters. The number of rotatable bonds is 6. The molecule has 98 valence electrons. The second-order valence-electron chi connectivity index (χ2n) is 4.12. The first-order valence-electron chi connectivity index (χ1n) is 6.13. The molecule has 1 atom stereocenters. The van der Waals surface area contributed by atoms with Crippen LogP contribution in [-0.2, 0) is 6.42 Å². The molecule has 1 N–H and O–H groups in total.